The van der Waals surface area contributed by atoms with Crippen LogP contribution in [0.3, 0.4) is 0 Å². The van der Waals surface area contributed by atoms with E-state index in [0.29, 0.717) is 18.9 Å². The molecule has 0 saturated heterocycles. The predicted octanol–water partition coefficient (Wildman–Crippen LogP) is 3.11. The number of fused-ring (bicyclic) bond motifs is 1. The molecule has 7 nitrogen and oxygen atoms in total. The van der Waals surface area contributed by atoms with Crippen LogP contribution in [0.1, 0.15) is 50.2 Å². The van der Waals surface area contributed by atoms with Gasteiger partial charge in [-0.1, -0.05) is 50.1 Å². The number of hydrogen-bond acceptors (Lipinski definition) is 5. The van der Waals surface area contributed by atoms with Gasteiger partial charge in [0.05, 0.1) is 12.1 Å². The lowest BCUT2D eigenvalue weighted by Crippen LogP contribution is -2.38. The quantitative estimate of drug-likeness (QED) is 0.436. The van der Waals surface area contributed by atoms with Crippen LogP contribution < -0.4 is 22.6 Å². The number of hydrazine groups is 1. The van der Waals surface area contributed by atoms with Crippen LogP contribution in [0.15, 0.2) is 48.7 Å². The summed E-state index contributed by atoms with van der Waals surface area (Å²) in [6.45, 7) is 1.72. The van der Waals surface area contributed by atoms with Crippen LogP contribution >= 0.6 is 0 Å². The fourth-order valence-corrected chi connectivity index (χ4v) is 3.95. The molecular weight excluding hydrogens is 390 g/mol. The number of rotatable bonds is 5. The molecule has 164 valence electrons. The Bertz CT molecular complexity index is 962. The summed E-state index contributed by atoms with van der Waals surface area (Å²) < 4.78 is 0. The molecule has 0 radical (unpaired) electrons. The number of nitrogens with one attached hydrogen (secondary N) is 1. The lowest BCUT2D eigenvalue weighted by Gasteiger charge is -2.28. The van der Waals surface area contributed by atoms with Gasteiger partial charge in [0.1, 0.15) is 0 Å². The zero-order chi connectivity index (χ0) is 22.4. The van der Waals surface area contributed by atoms with Gasteiger partial charge in [0.15, 0.2) is 0 Å². The van der Waals surface area contributed by atoms with Gasteiger partial charge in [-0.15, -0.1) is 0 Å². The van der Waals surface area contributed by atoms with Crippen molar-refractivity contribution in [1.82, 2.24) is 5.01 Å². The van der Waals surface area contributed by atoms with Crippen molar-refractivity contribution < 1.29 is 9.59 Å². The lowest BCUT2D eigenvalue weighted by molar-refractivity contribution is -0.117. The van der Waals surface area contributed by atoms with Crippen molar-refractivity contribution in [2.45, 2.75) is 51.5 Å². The molecule has 1 aliphatic carbocycles. The molecule has 0 spiro atoms. The molecule has 2 aromatic carbocycles. The highest BCUT2D eigenvalue weighted by Gasteiger charge is 2.23. The van der Waals surface area contributed by atoms with Crippen molar-refractivity contribution in [2.75, 3.05) is 5.32 Å². The van der Waals surface area contributed by atoms with Crippen LogP contribution in [0.2, 0.25) is 0 Å². The Labute approximate surface area is 183 Å². The number of amides is 2. The minimum Gasteiger partial charge on any atom is -0.403 e. The molecule has 0 aromatic heterocycles. The Hall–Kier alpha value is -3.32. The Morgan fingerprint density at radius 2 is 1.74 bits per heavy atom. The molecular formula is C24H31N5O2. The average Bonchev–Trinajstić information content (AvgIpc) is 3.43. The highest BCUT2D eigenvalue weighted by molar-refractivity contribution is 5.99. The number of primary amides is 1. The zero-order valence-electron chi connectivity index (χ0n) is 17.9. The smallest absolute Gasteiger partial charge is 0.228 e. The van der Waals surface area contributed by atoms with E-state index in [-0.39, 0.29) is 11.8 Å². The fraction of sp³-hybridized carbons (Fsp3) is 0.333. The summed E-state index contributed by atoms with van der Waals surface area (Å²) in [5.74, 6) is 6.15. The number of carbonyl (C=O) groups is 2. The molecule has 7 heteroatoms. The van der Waals surface area contributed by atoms with Crippen LogP contribution in [0.25, 0.3) is 16.8 Å². The van der Waals surface area contributed by atoms with E-state index in [9.17, 15) is 9.59 Å². The number of benzene rings is 2. The van der Waals surface area contributed by atoms with E-state index in [2.05, 4.69) is 41.4 Å². The van der Waals surface area contributed by atoms with Gasteiger partial charge < -0.3 is 21.8 Å². The summed E-state index contributed by atoms with van der Waals surface area (Å²) in [5.41, 5.74) is 16.6. The van der Waals surface area contributed by atoms with Gasteiger partial charge in [-0.05, 0) is 41.7 Å². The van der Waals surface area contributed by atoms with Crippen molar-refractivity contribution >= 4 is 23.2 Å². The van der Waals surface area contributed by atoms with Crippen LogP contribution in [-0.4, -0.2) is 22.9 Å². The summed E-state index contributed by atoms with van der Waals surface area (Å²) in [6.07, 6.45) is 7.18. The third-order valence-electron chi connectivity index (χ3n) is 5.75. The molecule has 0 unspecified atom stereocenters. The van der Waals surface area contributed by atoms with Crippen molar-refractivity contribution in [1.29, 1.82) is 0 Å². The van der Waals surface area contributed by atoms with E-state index in [1.54, 1.807) is 13.1 Å². The maximum absolute atomic E-state index is 11.5. The van der Waals surface area contributed by atoms with Gasteiger partial charge in [0, 0.05) is 29.9 Å². The summed E-state index contributed by atoms with van der Waals surface area (Å²) in [4.78, 5) is 21.1. The Morgan fingerprint density at radius 1 is 1.13 bits per heavy atom. The minimum absolute atomic E-state index is 0.0557. The second-order valence-electron chi connectivity index (χ2n) is 7.89. The summed E-state index contributed by atoms with van der Waals surface area (Å²) in [6, 6.07) is 14.7. The standard InChI is InChI=1S/C21H24N4O.C3H7NO/c22-13-20(25(23)18-3-1-2-4-18)15-7-5-14(6-8-15)16-9-10-19-17(11-16)12-21(26)24-19;1-2-3(4)5/h5-11,13,18H,1-4,12,22-23H2,(H,24,26);2H2,1H3,(H2,4,5)/b20-13-;. The third kappa shape index (κ3) is 5.44. The Kier molecular flexibility index (Phi) is 7.31. The molecule has 1 fully saturated rings. The SMILES string of the molecule is CCC(N)=O.N/C=C(/c1ccc(-c2ccc3c(c2)CC(=O)N3)cc1)N(N)C1CCCC1. The van der Waals surface area contributed by atoms with Crippen LogP contribution in [-0.2, 0) is 16.0 Å². The number of nitrogens with two attached hydrogens (primary N) is 3. The molecule has 0 atom stereocenters. The van der Waals surface area contributed by atoms with E-state index in [1.807, 2.05) is 17.1 Å². The van der Waals surface area contributed by atoms with E-state index >= 15 is 0 Å². The second kappa shape index (κ2) is 10.1. The highest BCUT2D eigenvalue weighted by Crippen LogP contribution is 2.31. The van der Waals surface area contributed by atoms with Crippen molar-refractivity contribution in [3.05, 3.63) is 59.8 Å². The lowest BCUT2D eigenvalue weighted by atomic mass is 9.99. The molecule has 2 aromatic rings. The van der Waals surface area contributed by atoms with E-state index in [0.717, 1.165) is 46.5 Å². The first kappa shape index (κ1) is 22.4. The van der Waals surface area contributed by atoms with E-state index in [1.165, 1.54) is 12.8 Å². The maximum atomic E-state index is 11.5. The molecule has 7 N–H and O–H groups in total. The number of nitrogens with zero attached hydrogens (tertiary/aromatic N) is 1. The fourth-order valence-electron chi connectivity index (χ4n) is 3.95. The second-order valence-corrected chi connectivity index (χ2v) is 7.89. The maximum Gasteiger partial charge on any atom is 0.228 e. The van der Waals surface area contributed by atoms with Gasteiger partial charge in [-0.3, -0.25) is 9.59 Å². The number of anilines is 1. The molecule has 0 bridgehead atoms. The summed E-state index contributed by atoms with van der Waals surface area (Å²) in [5, 5.41) is 4.70. The summed E-state index contributed by atoms with van der Waals surface area (Å²) >= 11 is 0. The number of carbonyl (C=O) groups excluding carboxylic acids is 2. The topological polar surface area (TPSA) is 127 Å². The Morgan fingerprint density at radius 3 is 2.32 bits per heavy atom. The third-order valence-corrected chi connectivity index (χ3v) is 5.75. The van der Waals surface area contributed by atoms with Crippen molar-refractivity contribution in [3.8, 4) is 11.1 Å². The van der Waals surface area contributed by atoms with E-state index < -0.39 is 0 Å². The van der Waals surface area contributed by atoms with Crippen LogP contribution in [0.4, 0.5) is 5.69 Å². The normalized spacial score (nSPS) is 15.7. The molecule has 1 aliphatic heterocycles. The van der Waals surface area contributed by atoms with Crippen molar-refractivity contribution in [3.63, 3.8) is 0 Å². The summed E-state index contributed by atoms with van der Waals surface area (Å²) in [7, 11) is 0. The predicted molar refractivity (Wildman–Crippen MR) is 124 cm³/mol. The van der Waals surface area contributed by atoms with Crippen molar-refractivity contribution in [2.24, 2.45) is 17.3 Å². The van der Waals surface area contributed by atoms with Gasteiger partial charge in [-0.25, -0.2) is 5.84 Å². The molecule has 2 amide bonds. The highest BCUT2D eigenvalue weighted by atomic mass is 16.2. The molecule has 1 heterocycles. The minimum atomic E-state index is -0.245. The first-order valence-electron chi connectivity index (χ1n) is 10.7. The van der Waals surface area contributed by atoms with Crippen LogP contribution in [0.5, 0.6) is 0 Å². The molecule has 4 rings (SSSR count). The zero-order valence-corrected chi connectivity index (χ0v) is 17.9. The Balaban J connectivity index is 0.000000491. The van der Waals surface area contributed by atoms with Gasteiger partial charge >= 0.3 is 0 Å². The van der Waals surface area contributed by atoms with E-state index in [4.69, 9.17) is 11.6 Å². The first-order chi connectivity index (χ1) is 14.9. The van der Waals surface area contributed by atoms with Crippen LogP contribution in [0, 0.1) is 0 Å². The van der Waals surface area contributed by atoms with Gasteiger partial charge in [0.25, 0.3) is 0 Å². The molecule has 31 heavy (non-hydrogen) atoms. The molecule has 1 saturated carbocycles. The average molecular weight is 422 g/mol. The first-order valence-corrected chi connectivity index (χ1v) is 10.7. The largest absolute Gasteiger partial charge is 0.403 e. The molecule has 2 aliphatic rings. The monoisotopic (exact) mass is 421 g/mol. The van der Waals surface area contributed by atoms with Gasteiger partial charge in [0.2, 0.25) is 11.8 Å². The van der Waals surface area contributed by atoms with Gasteiger partial charge in [-0.2, -0.15) is 0 Å². The number of hydrogen-bond donors (Lipinski definition) is 4.